The number of H-pyrrole nitrogens is 1. The Bertz CT molecular complexity index is 1840. The van der Waals surface area contributed by atoms with Crippen molar-refractivity contribution in [1.82, 2.24) is 34.1 Å². The molecule has 1 fully saturated rings. The summed E-state index contributed by atoms with van der Waals surface area (Å²) in [5.41, 5.74) is 9.18. The summed E-state index contributed by atoms with van der Waals surface area (Å²) in [5.74, 6) is 1.82. The average Bonchev–Trinajstić information content (AvgIpc) is 3.49. The van der Waals surface area contributed by atoms with Crippen LogP contribution < -0.4 is 16.2 Å². The van der Waals surface area contributed by atoms with E-state index in [4.69, 9.17) is 22.4 Å². The molecular weight excluding hydrogens is 490 g/mol. The van der Waals surface area contributed by atoms with E-state index in [0.29, 0.717) is 27.8 Å². The van der Waals surface area contributed by atoms with Gasteiger partial charge < -0.3 is 15.6 Å². The predicted molar refractivity (Wildman–Crippen MR) is 142 cm³/mol. The molecule has 182 valence electrons. The van der Waals surface area contributed by atoms with Gasteiger partial charge in [0.05, 0.1) is 22.1 Å². The summed E-state index contributed by atoms with van der Waals surface area (Å²) in [6.07, 6.45) is 7.69. The Morgan fingerprint density at radius 2 is 1.92 bits per heavy atom. The third kappa shape index (κ3) is 3.30. The Balaban J connectivity index is 1.41. The van der Waals surface area contributed by atoms with Gasteiger partial charge >= 0.3 is 0 Å². The standard InChI is InChI=1S/C26H20ClN9O/c27-18-8-11-35-22(18)26(37)36(16-4-2-1-3-5-16)24(33-35)19-9-10-34(19)25-21-17(13-30-23(21)31-14-32-25)15-6-7-20(28)29-12-15/h1-8,11-14,19H,9-10H2,(H2,28,29)(H,30,31,32)/t19-/m0/s1. The van der Waals surface area contributed by atoms with E-state index in [1.165, 1.54) is 0 Å². The third-order valence-corrected chi connectivity index (χ3v) is 7.12. The number of para-hydroxylation sites is 1. The third-order valence-electron chi connectivity index (χ3n) is 6.81. The van der Waals surface area contributed by atoms with Gasteiger partial charge in [-0.05, 0) is 36.8 Å². The molecule has 3 N–H and O–H groups in total. The number of hydrogen-bond donors (Lipinski definition) is 2. The molecule has 0 aliphatic carbocycles. The molecule has 10 nitrogen and oxygen atoms in total. The monoisotopic (exact) mass is 509 g/mol. The highest BCUT2D eigenvalue weighted by molar-refractivity contribution is 6.33. The molecule has 0 saturated carbocycles. The minimum Gasteiger partial charge on any atom is -0.384 e. The summed E-state index contributed by atoms with van der Waals surface area (Å²) in [6, 6.07) is 14.7. The van der Waals surface area contributed by atoms with Crippen LogP contribution in [0.5, 0.6) is 0 Å². The highest BCUT2D eigenvalue weighted by Crippen LogP contribution is 2.42. The summed E-state index contributed by atoms with van der Waals surface area (Å²) in [5, 5.41) is 6.11. The number of hydrogen-bond acceptors (Lipinski definition) is 7. The number of anilines is 2. The number of nitrogens with two attached hydrogens (primary N) is 1. The lowest BCUT2D eigenvalue weighted by atomic mass is 10.00. The van der Waals surface area contributed by atoms with Gasteiger partial charge in [-0.2, -0.15) is 5.10 Å². The SMILES string of the molecule is Nc1ccc(-c2c[nH]c3ncnc(N4CC[C@H]4c4nn5ccc(Cl)c5c(=O)n4-c4ccccc4)c23)cn1. The van der Waals surface area contributed by atoms with Crippen LogP contribution in [0.25, 0.3) is 33.4 Å². The number of pyridine rings is 1. The second-order valence-corrected chi connectivity index (χ2v) is 9.29. The highest BCUT2D eigenvalue weighted by Gasteiger charge is 2.37. The van der Waals surface area contributed by atoms with E-state index in [0.717, 1.165) is 41.0 Å². The van der Waals surface area contributed by atoms with Crippen LogP contribution in [0.2, 0.25) is 5.02 Å². The summed E-state index contributed by atoms with van der Waals surface area (Å²) in [7, 11) is 0. The quantitative estimate of drug-likeness (QED) is 0.368. The van der Waals surface area contributed by atoms with Gasteiger partial charge in [-0.3, -0.25) is 9.36 Å². The van der Waals surface area contributed by atoms with Crippen LogP contribution in [0.15, 0.2) is 78.2 Å². The lowest BCUT2D eigenvalue weighted by Crippen LogP contribution is -2.45. The van der Waals surface area contributed by atoms with Gasteiger partial charge in [-0.25, -0.2) is 19.5 Å². The second-order valence-electron chi connectivity index (χ2n) is 8.88. The number of aromatic nitrogens is 7. The molecule has 5 aromatic heterocycles. The van der Waals surface area contributed by atoms with E-state index < -0.39 is 0 Å². The number of rotatable bonds is 4. The predicted octanol–water partition coefficient (Wildman–Crippen LogP) is 4.01. The van der Waals surface area contributed by atoms with Crippen LogP contribution in [0.1, 0.15) is 18.3 Å². The lowest BCUT2D eigenvalue weighted by Gasteiger charge is -2.42. The molecule has 1 aliphatic rings. The first kappa shape index (κ1) is 21.6. The van der Waals surface area contributed by atoms with Crippen molar-refractivity contribution in [2.45, 2.75) is 12.5 Å². The lowest BCUT2D eigenvalue weighted by molar-refractivity contribution is 0.424. The van der Waals surface area contributed by atoms with Crippen molar-refractivity contribution < 1.29 is 0 Å². The summed E-state index contributed by atoms with van der Waals surface area (Å²) in [4.78, 5) is 32.5. The van der Waals surface area contributed by atoms with Gasteiger partial charge in [0.25, 0.3) is 5.56 Å². The van der Waals surface area contributed by atoms with Crippen LogP contribution in [-0.4, -0.2) is 40.7 Å². The van der Waals surface area contributed by atoms with Crippen LogP contribution in [0, 0.1) is 0 Å². The first-order valence-corrected chi connectivity index (χ1v) is 12.1. The van der Waals surface area contributed by atoms with Crippen molar-refractivity contribution in [3.63, 3.8) is 0 Å². The van der Waals surface area contributed by atoms with Crippen molar-refractivity contribution in [2.75, 3.05) is 17.2 Å². The summed E-state index contributed by atoms with van der Waals surface area (Å²) < 4.78 is 3.21. The smallest absolute Gasteiger partial charge is 0.284 e. The van der Waals surface area contributed by atoms with Crippen molar-refractivity contribution in [1.29, 1.82) is 0 Å². The molecule has 37 heavy (non-hydrogen) atoms. The molecule has 6 aromatic rings. The maximum atomic E-state index is 13.7. The molecule has 6 heterocycles. The number of benzene rings is 1. The molecule has 0 bridgehead atoms. The minimum absolute atomic E-state index is 0.191. The molecule has 0 radical (unpaired) electrons. The van der Waals surface area contributed by atoms with E-state index in [9.17, 15) is 4.79 Å². The molecule has 1 aliphatic heterocycles. The molecular formula is C26H20ClN9O. The molecule has 11 heteroatoms. The average molecular weight is 510 g/mol. The summed E-state index contributed by atoms with van der Waals surface area (Å²) in [6.45, 7) is 0.747. The number of nitrogens with one attached hydrogen (secondary N) is 1. The molecule has 1 atom stereocenters. The fourth-order valence-electron chi connectivity index (χ4n) is 4.96. The van der Waals surface area contributed by atoms with E-state index in [1.54, 1.807) is 39.9 Å². The largest absolute Gasteiger partial charge is 0.384 e. The molecule has 0 spiro atoms. The number of nitrogen functional groups attached to an aromatic ring is 1. The zero-order valence-corrected chi connectivity index (χ0v) is 20.2. The van der Waals surface area contributed by atoms with Crippen molar-refractivity contribution in [3.8, 4) is 16.8 Å². The summed E-state index contributed by atoms with van der Waals surface area (Å²) >= 11 is 6.36. The van der Waals surface area contributed by atoms with Crippen molar-refractivity contribution in [3.05, 3.63) is 94.6 Å². The molecule has 0 unspecified atom stereocenters. The maximum Gasteiger partial charge on any atom is 0.284 e. The van der Waals surface area contributed by atoms with Crippen molar-refractivity contribution in [2.24, 2.45) is 0 Å². The van der Waals surface area contributed by atoms with Gasteiger partial charge in [0, 0.05) is 36.3 Å². The van der Waals surface area contributed by atoms with Crippen LogP contribution in [-0.2, 0) is 0 Å². The second kappa shape index (κ2) is 8.17. The van der Waals surface area contributed by atoms with Gasteiger partial charge in [-0.15, -0.1) is 0 Å². The van der Waals surface area contributed by atoms with Gasteiger partial charge in [0.15, 0.2) is 5.82 Å². The van der Waals surface area contributed by atoms with Crippen molar-refractivity contribution >= 4 is 39.8 Å². The first-order valence-electron chi connectivity index (χ1n) is 11.8. The van der Waals surface area contributed by atoms with E-state index in [-0.39, 0.29) is 11.6 Å². The number of aromatic amines is 1. The molecule has 1 saturated heterocycles. The normalized spacial score (nSPS) is 15.4. The fourth-order valence-corrected chi connectivity index (χ4v) is 5.18. The topological polar surface area (TPSA) is 123 Å². The minimum atomic E-state index is -0.221. The van der Waals surface area contributed by atoms with E-state index in [1.807, 2.05) is 42.6 Å². The molecule has 0 amide bonds. The number of halogens is 1. The Morgan fingerprint density at radius 3 is 2.68 bits per heavy atom. The highest BCUT2D eigenvalue weighted by atomic mass is 35.5. The van der Waals surface area contributed by atoms with E-state index >= 15 is 0 Å². The van der Waals surface area contributed by atoms with Gasteiger partial charge in [-0.1, -0.05) is 29.8 Å². The van der Waals surface area contributed by atoms with Gasteiger partial charge in [0.1, 0.15) is 29.1 Å². The fraction of sp³-hybridized carbons (Fsp3) is 0.115. The van der Waals surface area contributed by atoms with Crippen LogP contribution in [0.3, 0.4) is 0 Å². The van der Waals surface area contributed by atoms with Crippen LogP contribution in [0.4, 0.5) is 11.6 Å². The maximum absolute atomic E-state index is 13.7. The first-order chi connectivity index (χ1) is 18.1. The zero-order chi connectivity index (χ0) is 25.1. The Hall–Kier alpha value is -4.70. The Kier molecular flexibility index (Phi) is 4.76. The van der Waals surface area contributed by atoms with Gasteiger partial charge in [0.2, 0.25) is 0 Å². The molecule has 1 aromatic carbocycles. The Labute approximate surface area is 215 Å². The van der Waals surface area contributed by atoms with E-state index in [2.05, 4.69) is 24.8 Å². The number of fused-ring (bicyclic) bond motifs is 2. The number of nitrogens with zero attached hydrogens (tertiary/aromatic N) is 7. The zero-order valence-electron chi connectivity index (χ0n) is 19.4. The molecule has 7 rings (SSSR count). The Morgan fingerprint density at radius 1 is 1.05 bits per heavy atom. The van der Waals surface area contributed by atoms with Crippen LogP contribution >= 0.6 is 11.6 Å².